The highest BCUT2D eigenvalue weighted by molar-refractivity contribution is 5.77. The van der Waals surface area contributed by atoms with Crippen LogP contribution in [0.2, 0.25) is 0 Å². The molecule has 1 amide bonds. The number of nitrogens with one attached hydrogen (secondary N) is 1. The summed E-state index contributed by atoms with van der Waals surface area (Å²) in [4.78, 5) is 14.1. The second-order valence-corrected chi connectivity index (χ2v) is 5.82. The molecule has 0 spiro atoms. The van der Waals surface area contributed by atoms with Crippen LogP contribution < -0.4 is 5.32 Å². The molecule has 0 radical (unpaired) electrons. The molecule has 23 heavy (non-hydrogen) atoms. The van der Waals surface area contributed by atoms with Gasteiger partial charge in [0.05, 0.1) is 44.8 Å². The summed E-state index contributed by atoms with van der Waals surface area (Å²) in [6.45, 7) is 5.65. The molecule has 0 aliphatic carbocycles. The molecule has 2 aromatic heterocycles. The van der Waals surface area contributed by atoms with Crippen molar-refractivity contribution in [2.75, 3.05) is 26.2 Å². The quantitative estimate of drug-likeness (QED) is 0.853. The van der Waals surface area contributed by atoms with Crippen molar-refractivity contribution in [1.82, 2.24) is 20.0 Å². The molecule has 0 bridgehead atoms. The van der Waals surface area contributed by atoms with E-state index in [1.165, 1.54) is 0 Å². The Bertz CT molecular complexity index is 623. The molecule has 7 heteroatoms. The Morgan fingerprint density at radius 3 is 3.17 bits per heavy atom. The largest absolute Gasteiger partial charge is 0.467 e. The van der Waals surface area contributed by atoms with Crippen molar-refractivity contribution in [3.05, 3.63) is 42.1 Å². The van der Waals surface area contributed by atoms with Gasteiger partial charge in [-0.2, -0.15) is 5.10 Å². The van der Waals surface area contributed by atoms with E-state index in [1.54, 1.807) is 6.26 Å². The summed E-state index contributed by atoms with van der Waals surface area (Å²) in [5.74, 6) is 0.754. The molecule has 1 fully saturated rings. The number of nitrogens with zero attached hydrogens (tertiary/aromatic N) is 3. The number of ether oxygens (including phenoxy) is 1. The summed E-state index contributed by atoms with van der Waals surface area (Å²) in [5, 5.41) is 7.15. The fourth-order valence-electron chi connectivity index (χ4n) is 2.67. The van der Waals surface area contributed by atoms with Gasteiger partial charge in [-0.3, -0.25) is 14.4 Å². The van der Waals surface area contributed by atoms with Crippen LogP contribution in [-0.4, -0.2) is 52.9 Å². The second-order valence-electron chi connectivity index (χ2n) is 5.82. The first-order valence-electron chi connectivity index (χ1n) is 7.81. The topological polar surface area (TPSA) is 72.5 Å². The smallest absolute Gasteiger partial charge is 0.234 e. The molecule has 7 nitrogen and oxygen atoms in total. The van der Waals surface area contributed by atoms with Gasteiger partial charge in [0.1, 0.15) is 5.76 Å². The molecule has 0 aromatic carbocycles. The van der Waals surface area contributed by atoms with Gasteiger partial charge in [-0.1, -0.05) is 0 Å². The summed E-state index contributed by atoms with van der Waals surface area (Å²) in [6.07, 6.45) is 5.49. The lowest BCUT2D eigenvalue weighted by Gasteiger charge is -2.32. The molecule has 124 valence electrons. The van der Waals surface area contributed by atoms with Gasteiger partial charge in [0.25, 0.3) is 0 Å². The monoisotopic (exact) mass is 318 g/mol. The molecule has 1 atom stereocenters. The number of carbonyl (C=O) groups is 1. The number of rotatable bonds is 6. The van der Waals surface area contributed by atoms with Crippen molar-refractivity contribution in [3.63, 3.8) is 0 Å². The van der Waals surface area contributed by atoms with Crippen LogP contribution in [0.4, 0.5) is 0 Å². The third-order valence-corrected chi connectivity index (χ3v) is 3.78. The molecule has 0 saturated carbocycles. The van der Waals surface area contributed by atoms with Gasteiger partial charge in [-0.25, -0.2) is 0 Å². The van der Waals surface area contributed by atoms with Crippen molar-refractivity contribution in [2.45, 2.75) is 26.1 Å². The number of carbonyl (C=O) groups excluding carboxylic acids is 1. The Labute approximate surface area is 135 Å². The summed E-state index contributed by atoms with van der Waals surface area (Å²) in [5.41, 5.74) is 1.13. The predicted octanol–water partition coefficient (Wildman–Crippen LogP) is 0.802. The zero-order valence-electron chi connectivity index (χ0n) is 13.3. The van der Waals surface area contributed by atoms with E-state index in [0.717, 1.165) is 24.4 Å². The van der Waals surface area contributed by atoms with E-state index in [-0.39, 0.29) is 12.0 Å². The van der Waals surface area contributed by atoms with Crippen LogP contribution in [0, 0.1) is 6.92 Å². The SMILES string of the molecule is Cc1cnn(CC2CN(CC(=O)NCc3ccco3)CCO2)c1. The van der Waals surface area contributed by atoms with Gasteiger partial charge in [0.15, 0.2) is 0 Å². The van der Waals surface area contributed by atoms with Crippen molar-refractivity contribution in [1.29, 1.82) is 0 Å². The van der Waals surface area contributed by atoms with Crippen LogP contribution in [0.25, 0.3) is 0 Å². The lowest BCUT2D eigenvalue weighted by molar-refractivity contribution is -0.124. The van der Waals surface area contributed by atoms with Gasteiger partial charge in [0, 0.05) is 19.3 Å². The second kappa shape index (κ2) is 7.43. The number of amides is 1. The Kier molecular flexibility index (Phi) is 5.09. The summed E-state index contributed by atoms with van der Waals surface area (Å²) >= 11 is 0. The number of hydrogen-bond acceptors (Lipinski definition) is 5. The average Bonchev–Trinajstić information content (AvgIpc) is 3.17. The summed E-state index contributed by atoms with van der Waals surface area (Å²) in [6, 6.07) is 3.65. The first kappa shape index (κ1) is 15.8. The van der Waals surface area contributed by atoms with Crippen molar-refractivity contribution >= 4 is 5.91 Å². The molecule has 3 rings (SSSR count). The maximum absolute atomic E-state index is 12.0. The fraction of sp³-hybridized carbons (Fsp3) is 0.500. The average molecular weight is 318 g/mol. The minimum absolute atomic E-state index is 0.00279. The van der Waals surface area contributed by atoms with E-state index in [2.05, 4.69) is 15.3 Å². The lowest BCUT2D eigenvalue weighted by Crippen LogP contribution is -2.48. The molecular formula is C16H22N4O3. The van der Waals surface area contributed by atoms with Crippen LogP contribution >= 0.6 is 0 Å². The highest BCUT2D eigenvalue weighted by atomic mass is 16.5. The van der Waals surface area contributed by atoms with Crippen LogP contribution in [0.5, 0.6) is 0 Å². The molecule has 1 aliphatic heterocycles. The van der Waals surface area contributed by atoms with E-state index in [9.17, 15) is 4.79 Å². The predicted molar refractivity (Wildman–Crippen MR) is 83.7 cm³/mol. The molecule has 1 saturated heterocycles. The van der Waals surface area contributed by atoms with E-state index < -0.39 is 0 Å². The third-order valence-electron chi connectivity index (χ3n) is 3.78. The molecule has 3 heterocycles. The Morgan fingerprint density at radius 2 is 2.43 bits per heavy atom. The van der Waals surface area contributed by atoms with Crippen LogP contribution in [0.3, 0.4) is 0 Å². The summed E-state index contributed by atoms with van der Waals surface area (Å²) in [7, 11) is 0. The molecule has 1 N–H and O–H groups in total. The number of aryl methyl sites for hydroxylation is 1. The van der Waals surface area contributed by atoms with Crippen molar-refractivity contribution in [2.24, 2.45) is 0 Å². The zero-order valence-corrected chi connectivity index (χ0v) is 13.3. The number of morpholine rings is 1. The van der Waals surface area contributed by atoms with E-state index in [1.807, 2.05) is 36.1 Å². The van der Waals surface area contributed by atoms with E-state index >= 15 is 0 Å². The van der Waals surface area contributed by atoms with Gasteiger partial charge in [0.2, 0.25) is 5.91 Å². The van der Waals surface area contributed by atoms with E-state index in [0.29, 0.717) is 26.2 Å². The van der Waals surface area contributed by atoms with Crippen LogP contribution in [-0.2, 0) is 22.6 Å². The van der Waals surface area contributed by atoms with Crippen molar-refractivity contribution < 1.29 is 13.9 Å². The summed E-state index contributed by atoms with van der Waals surface area (Å²) < 4.78 is 12.9. The minimum atomic E-state index is -0.00279. The minimum Gasteiger partial charge on any atom is -0.467 e. The van der Waals surface area contributed by atoms with Gasteiger partial charge >= 0.3 is 0 Å². The first-order valence-corrected chi connectivity index (χ1v) is 7.81. The Morgan fingerprint density at radius 1 is 1.52 bits per heavy atom. The Balaban J connectivity index is 1.43. The van der Waals surface area contributed by atoms with Crippen LogP contribution in [0.15, 0.2) is 35.2 Å². The highest BCUT2D eigenvalue weighted by Crippen LogP contribution is 2.08. The zero-order chi connectivity index (χ0) is 16.1. The maximum atomic E-state index is 12.0. The third kappa shape index (κ3) is 4.67. The standard InChI is InChI=1S/C16H22N4O3/c1-13-7-18-20(9-13)11-15-10-19(4-6-23-15)12-16(21)17-8-14-3-2-5-22-14/h2-3,5,7,9,15H,4,6,8,10-12H2,1H3,(H,17,21). The fourth-order valence-corrected chi connectivity index (χ4v) is 2.67. The molecular weight excluding hydrogens is 296 g/mol. The highest BCUT2D eigenvalue weighted by Gasteiger charge is 2.22. The molecule has 1 aliphatic rings. The number of aromatic nitrogens is 2. The van der Waals surface area contributed by atoms with Gasteiger partial charge < -0.3 is 14.5 Å². The van der Waals surface area contributed by atoms with Gasteiger partial charge in [-0.15, -0.1) is 0 Å². The van der Waals surface area contributed by atoms with Gasteiger partial charge in [-0.05, 0) is 24.6 Å². The number of furan rings is 1. The molecule has 2 aromatic rings. The normalized spacial score (nSPS) is 18.9. The van der Waals surface area contributed by atoms with E-state index in [4.69, 9.17) is 9.15 Å². The lowest BCUT2D eigenvalue weighted by atomic mass is 10.2. The number of hydrogen-bond donors (Lipinski definition) is 1. The van der Waals surface area contributed by atoms with Crippen molar-refractivity contribution in [3.8, 4) is 0 Å². The Hall–Kier alpha value is -2.12. The maximum Gasteiger partial charge on any atom is 0.234 e. The molecule has 1 unspecified atom stereocenters. The first-order chi connectivity index (χ1) is 11.2. The van der Waals surface area contributed by atoms with Crippen LogP contribution in [0.1, 0.15) is 11.3 Å².